The Morgan fingerprint density at radius 1 is 0.923 bits per heavy atom. The van der Waals surface area contributed by atoms with Gasteiger partial charge in [0.1, 0.15) is 5.75 Å². The third kappa shape index (κ3) is 6.11. The first kappa shape index (κ1) is 25.9. The Morgan fingerprint density at radius 2 is 1.64 bits per heavy atom. The van der Waals surface area contributed by atoms with Crippen molar-refractivity contribution in [2.75, 3.05) is 30.3 Å². The molecule has 1 amide bonds. The van der Waals surface area contributed by atoms with Crippen LogP contribution in [0.15, 0.2) is 36.7 Å². The number of carbonyl (C=O) groups excluding carboxylic acids is 1. The molecule has 1 saturated heterocycles. The van der Waals surface area contributed by atoms with Crippen LogP contribution in [-0.4, -0.2) is 68.1 Å². The maximum atomic E-state index is 12.7. The Kier molecular flexibility index (Phi) is 7.81. The molecule has 2 saturated carbocycles. The number of hydrogen-bond acceptors (Lipinski definition) is 8. The minimum absolute atomic E-state index is 0.0238. The number of amides is 1. The van der Waals surface area contributed by atoms with Gasteiger partial charge in [-0.05, 0) is 63.5 Å². The minimum atomic E-state index is 0.0238. The molecule has 208 valence electrons. The number of rotatable bonds is 8. The number of likely N-dealkylation sites (tertiary alicyclic amines) is 1. The SMILES string of the molecule is NC1CCC(Nc2nc(NC3CCN(C(=O)COc4ccccc4)CC3)c3ncn(C4CCCC4)c3n2)CC1. The zero-order valence-electron chi connectivity index (χ0n) is 22.6. The van der Waals surface area contributed by atoms with Gasteiger partial charge >= 0.3 is 0 Å². The highest BCUT2D eigenvalue weighted by Gasteiger charge is 2.27. The number of hydrogen-bond donors (Lipinski definition) is 3. The van der Waals surface area contributed by atoms with Crippen LogP contribution in [0.3, 0.4) is 0 Å². The topological polar surface area (TPSA) is 123 Å². The average Bonchev–Trinajstić information content (AvgIpc) is 3.64. The van der Waals surface area contributed by atoms with Crippen molar-refractivity contribution in [3.63, 3.8) is 0 Å². The summed E-state index contributed by atoms with van der Waals surface area (Å²) in [5, 5.41) is 7.28. The van der Waals surface area contributed by atoms with Gasteiger partial charge < -0.3 is 30.6 Å². The van der Waals surface area contributed by atoms with Gasteiger partial charge in [0.05, 0.1) is 6.33 Å². The fraction of sp³-hybridized carbons (Fsp3) is 0.586. The molecule has 1 aromatic carbocycles. The van der Waals surface area contributed by atoms with Crippen LogP contribution >= 0.6 is 0 Å². The number of carbonyl (C=O) groups is 1. The van der Waals surface area contributed by atoms with E-state index in [1.165, 1.54) is 25.7 Å². The first-order valence-corrected chi connectivity index (χ1v) is 14.6. The standard InChI is InChI=1S/C29H40N8O2/c30-20-10-12-21(13-11-20)33-29-34-27(26-28(35-29)37(19-31-26)23-6-4-5-7-23)32-22-14-16-36(17-15-22)25(38)18-39-24-8-2-1-3-9-24/h1-3,8-9,19-23H,4-7,10-18,30H2,(H2,32,33,34,35). The van der Waals surface area contributed by atoms with E-state index in [0.717, 1.165) is 55.5 Å². The van der Waals surface area contributed by atoms with Crippen LogP contribution < -0.4 is 21.1 Å². The van der Waals surface area contributed by atoms with Crippen molar-refractivity contribution in [1.29, 1.82) is 0 Å². The first-order valence-electron chi connectivity index (χ1n) is 14.6. The van der Waals surface area contributed by atoms with Crippen LogP contribution in [0.5, 0.6) is 5.75 Å². The molecule has 0 radical (unpaired) electrons. The van der Waals surface area contributed by atoms with Crippen LogP contribution in [0.4, 0.5) is 11.8 Å². The number of para-hydroxylation sites is 1. The predicted molar refractivity (Wildman–Crippen MR) is 152 cm³/mol. The van der Waals surface area contributed by atoms with Crippen LogP contribution in [0.1, 0.15) is 70.3 Å². The highest BCUT2D eigenvalue weighted by molar-refractivity contribution is 5.84. The molecular formula is C29H40N8O2. The fourth-order valence-electron chi connectivity index (χ4n) is 6.20. The number of ether oxygens (including phenoxy) is 1. The number of aromatic nitrogens is 4. The summed E-state index contributed by atoms with van der Waals surface area (Å²) in [5.74, 6) is 2.18. The van der Waals surface area contributed by atoms with Crippen molar-refractivity contribution in [3.05, 3.63) is 36.7 Å². The lowest BCUT2D eigenvalue weighted by Gasteiger charge is -2.32. The van der Waals surface area contributed by atoms with E-state index in [4.69, 9.17) is 25.4 Å². The van der Waals surface area contributed by atoms with E-state index < -0.39 is 0 Å². The zero-order valence-corrected chi connectivity index (χ0v) is 22.6. The summed E-state index contributed by atoms with van der Waals surface area (Å²) in [5.41, 5.74) is 7.86. The van der Waals surface area contributed by atoms with Gasteiger partial charge in [-0.25, -0.2) is 4.98 Å². The zero-order chi connectivity index (χ0) is 26.6. The summed E-state index contributed by atoms with van der Waals surface area (Å²) in [4.78, 5) is 29.3. The second-order valence-corrected chi connectivity index (χ2v) is 11.3. The summed E-state index contributed by atoms with van der Waals surface area (Å²) in [6, 6.07) is 10.8. The van der Waals surface area contributed by atoms with E-state index in [-0.39, 0.29) is 18.6 Å². The molecule has 0 unspecified atom stereocenters. The van der Waals surface area contributed by atoms with E-state index in [9.17, 15) is 4.79 Å². The molecule has 6 rings (SSSR count). The quantitative estimate of drug-likeness (QED) is 0.396. The van der Waals surface area contributed by atoms with E-state index in [1.54, 1.807) is 0 Å². The second kappa shape index (κ2) is 11.8. The summed E-state index contributed by atoms with van der Waals surface area (Å²) in [6.07, 6.45) is 12.6. The van der Waals surface area contributed by atoms with Crippen molar-refractivity contribution in [2.24, 2.45) is 5.73 Å². The van der Waals surface area contributed by atoms with Crippen molar-refractivity contribution in [3.8, 4) is 5.75 Å². The molecule has 10 nitrogen and oxygen atoms in total. The van der Waals surface area contributed by atoms with Crippen molar-refractivity contribution >= 4 is 28.8 Å². The molecule has 3 fully saturated rings. The third-order valence-corrected chi connectivity index (χ3v) is 8.54. The smallest absolute Gasteiger partial charge is 0.260 e. The predicted octanol–water partition coefficient (Wildman–Crippen LogP) is 4.11. The number of anilines is 2. The van der Waals surface area contributed by atoms with E-state index in [0.29, 0.717) is 42.9 Å². The van der Waals surface area contributed by atoms with Crippen molar-refractivity contribution < 1.29 is 9.53 Å². The first-order chi connectivity index (χ1) is 19.1. The average molecular weight is 533 g/mol. The Morgan fingerprint density at radius 3 is 2.38 bits per heavy atom. The molecule has 2 aliphatic carbocycles. The lowest BCUT2D eigenvalue weighted by Crippen LogP contribution is -2.44. The third-order valence-electron chi connectivity index (χ3n) is 8.54. The number of fused-ring (bicyclic) bond motifs is 1. The molecule has 2 aromatic heterocycles. The maximum Gasteiger partial charge on any atom is 0.260 e. The van der Waals surface area contributed by atoms with E-state index in [1.807, 2.05) is 41.6 Å². The van der Waals surface area contributed by atoms with E-state index in [2.05, 4.69) is 15.2 Å². The second-order valence-electron chi connectivity index (χ2n) is 11.3. The highest BCUT2D eigenvalue weighted by Crippen LogP contribution is 2.34. The Labute approximate surface area is 229 Å². The molecule has 0 bridgehead atoms. The van der Waals surface area contributed by atoms with Gasteiger partial charge in [-0.2, -0.15) is 9.97 Å². The monoisotopic (exact) mass is 532 g/mol. The summed E-state index contributed by atoms with van der Waals surface area (Å²) >= 11 is 0. The molecule has 0 atom stereocenters. The molecule has 39 heavy (non-hydrogen) atoms. The van der Waals surface area contributed by atoms with Gasteiger partial charge in [0.2, 0.25) is 5.95 Å². The lowest BCUT2D eigenvalue weighted by atomic mass is 9.92. The van der Waals surface area contributed by atoms with Crippen LogP contribution in [0, 0.1) is 0 Å². The molecule has 3 aliphatic rings. The summed E-state index contributed by atoms with van der Waals surface area (Å²) in [7, 11) is 0. The molecule has 10 heteroatoms. The molecule has 4 N–H and O–H groups in total. The molecule has 3 heterocycles. The van der Waals surface area contributed by atoms with Gasteiger partial charge in [-0.3, -0.25) is 4.79 Å². The number of imidazole rings is 1. The number of nitrogens with zero attached hydrogens (tertiary/aromatic N) is 5. The van der Waals surface area contributed by atoms with Gasteiger partial charge in [0.25, 0.3) is 5.91 Å². The molecule has 3 aromatic rings. The summed E-state index contributed by atoms with van der Waals surface area (Å²) < 4.78 is 7.92. The largest absolute Gasteiger partial charge is 0.484 e. The fourth-order valence-corrected chi connectivity index (χ4v) is 6.20. The Hall–Kier alpha value is -3.40. The van der Waals surface area contributed by atoms with Crippen LogP contribution in [-0.2, 0) is 4.79 Å². The lowest BCUT2D eigenvalue weighted by molar-refractivity contribution is -0.134. The van der Waals surface area contributed by atoms with Gasteiger partial charge in [-0.1, -0.05) is 31.0 Å². The number of nitrogens with two attached hydrogens (primary N) is 1. The normalized spacial score (nSPS) is 22.7. The van der Waals surface area contributed by atoms with Crippen LogP contribution in [0.2, 0.25) is 0 Å². The number of nitrogens with one attached hydrogen (secondary N) is 2. The van der Waals surface area contributed by atoms with Crippen molar-refractivity contribution in [2.45, 2.75) is 88.4 Å². The number of benzene rings is 1. The van der Waals surface area contributed by atoms with Crippen molar-refractivity contribution in [1.82, 2.24) is 24.4 Å². The highest BCUT2D eigenvalue weighted by atomic mass is 16.5. The summed E-state index contributed by atoms with van der Waals surface area (Å²) in [6.45, 7) is 1.44. The minimum Gasteiger partial charge on any atom is -0.484 e. The van der Waals surface area contributed by atoms with Gasteiger partial charge in [0, 0.05) is 37.3 Å². The van der Waals surface area contributed by atoms with Gasteiger partial charge in [-0.15, -0.1) is 0 Å². The Balaban J connectivity index is 1.13. The molecule has 1 aliphatic heterocycles. The molecule has 0 spiro atoms. The van der Waals surface area contributed by atoms with Crippen LogP contribution in [0.25, 0.3) is 11.2 Å². The van der Waals surface area contributed by atoms with E-state index >= 15 is 0 Å². The Bertz CT molecular complexity index is 1240. The maximum absolute atomic E-state index is 12.7. The number of piperidine rings is 1. The molecular weight excluding hydrogens is 492 g/mol. The van der Waals surface area contributed by atoms with Gasteiger partial charge in [0.15, 0.2) is 23.6 Å².